The molecule has 3 heterocycles. The lowest BCUT2D eigenvalue weighted by Gasteiger charge is -2.44. The molecule has 10 heteroatoms. The first-order valence-corrected chi connectivity index (χ1v) is 13.5. The number of fused-ring (bicyclic) bond motifs is 5. The molecule has 4 aromatic rings. The third kappa shape index (κ3) is 3.87. The van der Waals surface area contributed by atoms with E-state index in [1.54, 1.807) is 62.8 Å². The van der Waals surface area contributed by atoms with Crippen molar-refractivity contribution in [3.63, 3.8) is 0 Å². The molecule has 0 spiro atoms. The zero-order valence-corrected chi connectivity index (χ0v) is 23.3. The number of hydrogen-bond acceptors (Lipinski definition) is 8. The van der Waals surface area contributed by atoms with Gasteiger partial charge in [0.25, 0.3) is 11.5 Å². The zero-order valence-electron chi connectivity index (χ0n) is 23.3. The van der Waals surface area contributed by atoms with Crippen LogP contribution in [-0.2, 0) is 10.2 Å². The summed E-state index contributed by atoms with van der Waals surface area (Å²) in [7, 11) is 3.10. The van der Waals surface area contributed by atoms with E-state index in [0.29, 0.717) is 32.8 Å². The highest BCUT2D eigenvalue weighted by atomic mass is 16.6. The van der Waals surface area contributed by atoms with Crippen molar-refractivity contribution < 1.29 is 29.2 Å². The quantitative estimate of drug-likeness (QED) is 0.324. The minimum Gasteiger partial charge on any atom is -0.497 e. The highest BCUT2D eigenvalue weighted by Gasteiger charge is 2.63. The van der Waals surface area contributed by atoms with Crippen molar-refractivity contribution in [3.05, 3.63) is 128 Å². The number of rotatable bonds is 7. The molecule has 1 aromatic heterocycles. The number of aromatic nitrogens is 2. The second kappa shape index (κ2) is 10.1. The van der Waals surface area contributed by atoms with E-state index in [1.807, 2.05) is 30.3 Å². The lowest BCUT2D eigenvalue weighted by Crippen LogP contribution is -2.62. The van der Waals surface area contributed by atoms with Crippen molar-refractivity contribution in [3.8, 4) is 11.5 Å². The Labute approximate surface area is 241 Å². The average Bonchev–Trinajstić information content (AvgIpc) is 3.36. The molecule has 10 nitrogen and oxygen atoms in total. The summed E-state index contributed by atoms with van der Waals surface area (Å²) in [4.78, 5) is 39.9. The number of ether oxygens (including phenoxy) is 3. The van der Waals surface area contributed by atoms with Crippen LogP contribution in [0.1, 0.15) is 39.7 Å². The molecule has 1 saturated heterocycles. The van der Waals surface area contributed by atoms with E-state index in [9.17, 15) is 24.6 Å². The van der Waals surface area contributed by atoms with Gasteiger partial charge in [0.1, 0.15) is 29.9 Å². The second-order valence-electron chi connectivity index (χ2n) is 10.7. The predicted octanol–water partition coefficient (Wildman–Crippen LogP) is 2.40. The summed E-state index contributed by atoms with van der Waals surface area (Å²) in [5.74, 6) is 0.0528. The molecule has 2 N–H and O–H groups in total. The molecule has 216 valence electrons. The molecule has 1 unspecified atom stereocenters. The number of carbonyl (C=O) groups excluding carboxylic acids is 1. The molecular formula is C32H30N2O8. The number of carbonyl (C=O) groups is 1. The van der Waals surface area contributed by atoms with Crippen LogP contribution in [0.25, 0.3) is 0 Å². The Balaban J connectivity index is 1.61. The number of nitrogens with zero attached hydrogens (tertiary/aromatic N) is 2. The van der Waals surface area contributed by atoms with Crippen LogP contribution in [0.3, 0.4) is 0 Å². The summed E-state index contributed by atoms with van der Waals surface area (Å²) < 4.78 is 18.6. The summed E-state index contributed by atoms with van der Waals surface area (Å²) in [5, 5.41) is 24.7. The largest absolute Gasteiger partial charge is 0.497 e. The minimum atomic E-state index is -2.40. The van der Waals surface area contributed by atoms with Crippen LogP contribution in [0, 0.1) is 6.92 Å². The Hall–Kier alpha value is -4.51. The maximum Gasteiger partial charge on any atom is 0.340 e. The highest BCUT2D eigenvalue weighted by molar-refractivity contribution is 5.88. The first kappa shape index (κ1) is 27.6. The highest BCUT2D eigenvalue weighted by Crippen LogP contribution is 2.50. The van der Waals surface area contributed by atoms with Gasteiger partial charge in [-0.05, 0) is 47.9 Å². The molecule has 3 aromatic carbocycles. The molecule has 0 radical (unpaired) electrons. The van der Waals surface area contributed by atoms with E-state index in [-0.39, 0.29) is 12.0 Å². The number of aliphatic hydroxyl groups is 2. The third-order valence-corrected chi connectivity index (χ3v) is 8.48. The monoisotopic (exact) mass is 570 g/mol. The van der Waals surface area contributed by atoms with Crippen molar-refractivity contribution in [1.29, 1.82) is 0 Å². The summed E-state index contributed by atoms with van der Waals surface area (Å²) in [6.07, 6.45) is -3.26. The van der Waals surface area contributed by atoms with Crippen LogP contribution in [0.2, 0.25) is 0 Å². The molecule has 2 aliphatic heterocycles. The van der Waals surface area contributed by atoms with Crippen LogP contribution >= 0.6 is 0 Å². The van der Waals surface area contributed by atoms with Crippen molar-refractivity contribution in [2.45, 2.75) is 42.8 Å². The normalized spacial score (nSPS) is 22.0. The summed E-state index contributed by atoms with van der Waals surface area (Å²) in [6, 6.07) is 23.4. The number of benzene rings is 3. The maximum atomic E-state index is 13.9. The van der Waals surface area contributed by atoms with Crippen molar-refractivity contribution in [2.24, 2.45) is 0 Å². The standard InChI is InChI=1S/C32H30N2O8/c1-19-18-33-25-17-31(39,29(37)34(28(19)36)30(33)38)27(42-25)26(35)32(20-7-5-4-6-8-20,21-9-13-23(40-2)14-10-21)22-11-15-24(41-3)16-12-22/h4-16,18,25-27,35,39H,17H2,1-3H3/t25-,26?,27-,31+/m1/s1. The van der Waals surface area contributed by atoms with Gasteiger partial charge in [-0.25, -0.2) is 4.79 Å². The van der Waals surface area contributed by atoms with Crippen molar-refractivity contribution >= 4 is 5.91 Å². The molecule has 2 aliphatic rings. The van der Waals surface area contributed by atoms with Gasteiger partial charge >= 0.3 is 5.69 Å². The van der Waals surface area contributed by atoms with E-state index in [4.69, 9.17) is 14.2 Å². The Kier molecular flexibility index (Phi) is 6.64. The van der Waals surface area contributed by atoms with Crippen molar-refractivity contribution in [2.75, 3.05) is 14.2 Å². The summed E-state index contributed by atoms with van der Waals surface area (Å²) in [5.41, 5.74) is -3.50. The summed E-state index contributed by atoms with van der Waals surface area (Å²) >= 11 is 0. The number of hydrogen-bond donors (Lipinski definition) is 2. The van der Waals surface area contributed by atoms with E-state index in [1.165, 1.54) is 13.1 Å². The molecule has 4 bridgehead atoms. The van der Waals surface area contributed by atoms with Gasteiger partial charge in [-0.15, -0.1) is 0 Å². The van der Waals surface area contributed by atoms with Gasteiger partial charge in [-0.2, -0.15) is 4.57 Å². The van der Waals surface area contributed by atoms with Gasteiger partial charge in [0.15, 0.2) is 5.60 Å². The van der Waals surface area contributed by atoms with Gasteiger partial charge in [0.05, 0.1) is 19.6 Å². The van der Waals surface area contributed by atoms with E-state index >= 15 is 0 Å². The first-order chi connectivity index (χ1) is 20.2. The Morgan fingerprint density at radius 1 is 0.881 bits per heavy atom. The smallest absolute Gasteiger partial charge is 0.340 e. The zero-order chi connectivity index (χ0) is 29.8. The second-order valence-corrected chi connectivity index (χ2v) is 10.7. The number of aliphatic hydroxyl groups excluding tert-OH is 1. The summed E-state index contributed by atoms with van der Waals surface area (Å²) in [6.45, 7) is 1.48. The number of methoxy groups -OCH3 is 2. The average molecular weight is 571 g/mol. The molecule has 6 rings (SSSR count). The van der Waals surface area contributed by atoms with Crippen LogP contribution in [-0.4, -0.2) is 57.3 Å². The Morgan fingerprint density at radius 3 is 1.93 bits per heavy atom. The topological polar surface area (TPSA) is 129 Å². The lowest BCUT2D eigenvalue weighted by molar-refractivity contribution is -0.121. The predicted molar refractivity (Wildman–Crippen MR) is 152 cm³/mol. The van der Waals surface area contributed by atoms with Crippen LogP contribution in [0.5, 0.6) is 11.5 Å². The third-order valence-electron chi connectivity index (χ3n) is 8.48. The fraction of sp³-hybridized carbons (Fsp3) is 0.281. The SMILES string of the molecule is COc1ccc(C(c2ccccc2)(c2ccc(OC)cc2)C(O)[C@H]2O[C@@H]3C[C@@]2(O)C(=O)n2c(=O)c(C)cn3c2=O)cc1. The Bertz CT molecular complexity index is 1710. The first-order valence-electron chi connectivity index (χ1n) is 13.5. The van der Waals surface area contributed by atoms with E-state index < -0.39 is 46.6 Å². The Morgan fingerprint density at radius 2 is 1.40 bits per heavy atom. The van der Waals surface area contributed by atoms with Crippen LogP contribution in [0.4, 0.5) is 0 Å². The van der Waals surface area contributed by atoms with Crippen LogP contribution in [0.15, 0.2) is 94.6 Å². The van der Waals surface area contributed by atoms with Gasteiger partial charge in [0.2, 0.25) is 0 Å². The number of aryl methyl sites for hydroxylation is 1. The molecule has 42 heavy (non-hydrogen) atoms. The van der Waals surface area contributed by atoms with Gasteiger partial charge in [0, 0.05) is 18.2 Å². The van der Waals surface area contributed by atoms with Crippen molar-refractivity contribution in [1.82, 2.24) is 9.13 Å². The molecule has 0 amide bonds. The molecular weight excluding hydrogens is 540 g/mol. The molecule has 0 saturated carbocycles. The lowest BCUT2D eigenvalue weighted by atomic mass is 9.63. The van der Waals surface area contributed by atoms with E-state index in [2.05, 4.69) is 0 Å². The molecule has 4 atom stereocenters. The van der Waals surface area contributed by atoms with Gasteiger partial charge < -0.3 is 24.4 Å². The fourth-order valence-corrected chi connectivity index (χ4v) is 6.35. The molecule has 1 fully saturated rings. The fourth-order valence-electron chi connectivity index (χ4n) is 6.35. The minimum absolute atomic E-state index is 0.148. The van der Waals surface area contributed by atoms with Crippen LogP contribution < -0.4 is 20.7 Å². The van der Waals surface area contributed by atoms with Gasteiger partial charge in [-0.3, -0.25) is 14.2 Å². The maximum absolute atomic E-state index is 13.9. The van der Waals surface area contributed by atoms with Gasteiger partial charge in [-0.1, -0.05) is 54.6 Å². The van der Waals surface area contributed by atoms with E-state index in [0.717, 1.165) is 4.57 Å². The molecule has 0 aliphatic carbocycles.